The number of nitrogens with two attached hydrogens (primary N) is 2. The molecule has 0 bridgehead atoms. The number of amides is 12. The molecule has 12 amide bonds. The number of carbonyl (C=O) groups excluding carboxylic acids is 12. The summed E-state index contributed by atoms with van der Waals surface area (Å²) in [6.45, 7) is 1.19. The van der Waals surface area contributed by atoms with Gasteiger partial charge in [-0.05, 0) is 82.8 Å². The first-order chi connectivity index (χ1) is 56.9. The molecule has 0 aliphatic carbocycles. The summed E-state index contributed by atoms with van der Waals surface area (Å²) in [6.07, 6.45) is -3.97. The molecule has 34 nitrogen and oxygen atoms in total. The average Bonchev–Trinajstić information content (AvgIpc) is 1.46. The van der Waals surface area contributed by atoms with Crippen LogP contribution in [0.5, 0.6) is 0 Å². The van der Waals surface area contributed by atoms with Gasteiger partial charge in [0, 0.05) is 44.7 Å². The number of aliphatic hydroxyl groups excluding tert-OH is 3. The molecule has 13 atom stereocenters. The minimum Gasteiger partial charge on any atom is -0.481 e. The summed E-state index contributed by atoms with van der Waals surface area (Å²) in [4.78, 5) is 199. The first kappa shape index (κ1) is 90.7. The highest BCUT2D eigenvalue weighted by Crippen LogP contribution is 2.24. The van der Waals surface area contributed by atoms with E-state index in [2.05, 4.69) is 68.5 Å². The minimum atomic E-state index is -2.10. The van der Waals surface area contributed by atoms with Crippen LogP contribution in [-0.2, 0) is 99.2 Å². The van der Waals surface area contributed by atoms with E-state index in [0.29, 0.717) is 27.9 Å². The quantitative estimate of drug-likeness (QED) is 0.0235. The number of carboxylic acids is 2. The predicted octanol–water partition coefficient (Wildman–Crippen LogP) is -0.186. The van der Waals surface area contributed by atoms with E-state index in [1.54, 1.807) is 78.9 Å². The maximum Gasteiger partial charge on any atom is 0.305 e. The molecule has 119 heavy (non-hydrogen) atoms. The zero-order valence-electron chi connectivity index (χ0n) is 65.3. The second kappa shape index (κ2) is 44.9. The summed E-state index contributed by atoms with van der Waals surface area (Å²) in [5, 5.41) is 78.5. The van der Waals surface area contributed by atoms with Crippen LogP contribution in [0.15, 0.2) is 207 Å². The Morgan fingerprint density at radius 1 is 0.378 bits per heavy atom. The SMILES string of the molecule is C[C@H](NC(=O)[C@@H](N)Cc1c[nH]cn1)C(=O)N[C@@H](CCC(=O)O)C(=O)NCC(=O)N[C@H](C(=O)N[C@@H](Cc1ccccc1)C(=O)N[C@H](C(=O)N[C@@H](CO)C(=O)N[C@@H](CC(=O)O)C(=O)N[C@@H](Cc1ccc(-c2ccccc2)cc1)C(=O)N[C@@H](Cc1ccc(-c2ccccc2)cc1)C(=O)N[C@@H](Cc1ccc(-c2ccccc2)cc1)C(N)=O)[C@@H](C)O)[C@@H](C)O. The van der Waals surface area contributed by atoms with E-state index >= 15 is 4.79 Å². The van der Waals surface area contributed by atoms with Gasteiger partial charge in [-0.2, -0.15) is 0 Å². The number of rotatable bonds is 44. The van der Waals surface area contributed by atoms with E-state index in [1.165, 1.54) is 19.4 Å². The Morgan fingerprint density at radius 2 is 0.739 bits per heavy atom. The molecule has 0 spiro atoms. The third-order valence-electron chi connectivity index (χ3n) is 19.1. The number of carboxylic acid groups (broad SMARTS) is 2. The van der Waals surface area contributed by atoms with Crippen molar-refractivity contribution in [2.75, 3.05) is 13.2 Å². The number of hydrogen-bond donors (Lipinski definition) is 19. The molecule has 0 unspecified atom stereocenters. The summed E-state index contributed by atoms with van der Waals surface area (Å²) in [5.74, 6) is -16.1. The number of hydrogen-bond acceptors (Lipinski definition) is 19. The highest BCUT2D eigenvalue weighted by Gasteiger charge is 2.38. The van der Waals surface area contributed by atoms with Crippen LogP contribution in [0.3, 0.4) is 0 Å². The molecule has 7 aromatic carbocycles. The number of aromatic amines is 1. The van der Waals surface area contributed by atoms with Crippen molar-refractivity contribution in [3.63, 3.8) is 0 Å². The lowest BCUT2D eigenvalue weighted by Crippen LogP contribution is -2.63. The Bertz CT molecular complexity index is 4780. The van der Waals surface area contributed by atoms with Gasteiger partial charge in [-0.3, -0.25) is 67.1 Å². The monoisotopic (exact) mass is 1630 g/mol. The van der Waals surface area contributed by atoms with E-state index in [0.717, 1.165) is 47.2 Å². The number of nitrogens with one attached hydrogen (secondary N) is 12. The molecule has 0 fully saturated rings. The van der Waals surface area contributed by atoms with Crippen molar-refractivity contribution in [3.8, 4) is 33.4 Å². The molecule has 626 valence electrons. The van der Waals surface area contributed by atoms with Crippen molar-refractivity contribution >= 4 is 82.8 Å². The van der Waals surface area contributed by atoms with E-state index in [4.69, 9.17) is 11.5 Å². The van der Waals surface area contributed by atoms with Crippen molar-refractivity contribution in [2.24, 2.45) is 11.5 Å². The molecule has 8 rings (SSSR count). The van der Waals surface area contributed by atoms with E-state index in [-0.39, 0.29) is 32.1 Å². The van der Waals surface area contributed by atoms with Gasteiger partial charge in [0.2, 0.25) is 70.9 Å². The number of aliphatic carboxylic acids is 2. The Kier molecular flexibility index (Phi) is 34.2. The van der Waals surface area contributed by atoms with Gasteiger partial charge in [0.1, 0.15) is 60.4 Å². The van der Waals surface area contributed by atoms with Crippen molar-refractivity contribution in [1.82, 2.24) is 68.5 Å². The number of imidazole rings is 1. The molecule has 1 heterocycles. The molecule has 34 heteroatoms. The molecule has 0 saturated carbocycles. The molecule has 8 aromatic rings. The first-order valence-corrected chi connectivity index (χ1v) is 38.1. The summed E-state index contributed by atoms with van der Waals surface area (Å²) in [7, 11) is 0. The number of aliphatic hydroxyl groups is 3. The molecular formula is C85H97N15O19. The van der Waals surface area contributed by atoms with Crippen LogP contribution >= 0.6 is 0 Å². The maximum atomic E-state index is 15.2. The van der Waals surface area contributed by atoms with Crippen LogP contribution in [-0.4, -0.2) is 210 Å². The number of carbonyl (C=O) groups is 14. The van der Waals surface area contributed by atoms with Gasteiger partial charge >= 0.3 is 11.9 Å². The highest BCUT2D eigenvalue weighted by atomic mass is 16.4. The molecule has 0 saturated heterocycles. The van der Waals surface area contributed by atoms with Crippen LogP contribution in [0, 0.1) is 0 Å². The largest absolute Gasteiger partial charge is 0.481 e. The maximum absolute atomic E-state index is 15.2. The second-order valence-electron chi connectivity index (χ2n) is 28.4. The molecular weight excluding hydrogens is 1540 g/mol. The van der Waals surface area contributed by atoms with Crippen LogP contribution in [0.4, 0.5) is 0 Å². The van der Waals surface area contributed by atoms with Gasteiger partial charge in [0.05, 0.1) is 49.8 Å². The summed E-state index contributed by atoms with van der Waals surface area (Å²) in [5.41, 5.74) is 19.5. The highest BCUT2D eigenvalue weighted by molar-refractivity contribution is 6.00. The lowest BCUT2D eigenvalue weighted by atomic mass is 9.98. The number of H-pyrrole nitrogens is 1. The summed E-state index contributed by atoms with van der Waals surface area (Å²) in [6, 6.07) is 38.9. The van der Waals surface area contributed by atoms with E-state index < -0.39 is 194 Å². The van der Waals surface area contributed by atoms with Crippen molar-refractivity contribution < 1.29 is 92.7 Å². The molecule has 0 radical (unpaired) electrons. The summed E-state index contributed by atoms with van der Waals surface area (Å²) < 4.78 is 0. The van der Waals surface area contributed by atoms with E-state index in [9.17, 15) is 87.9 Å². The Balaban J connectivity index is 0.964. The van der Waals surface area contributed by atoms with Crippen LogP contribution in [0.25, 0.3) is 33.4 Å². The third-order valence-corrected chi connectivity index (χ3v) is 19.1. The normalized spacial score (nSPS) is 14.3. The number of aromatic nitrogens is 2. The summed E-state index contributed by atoms with van der Waals surface area (Å²) >= 11 is 0. The minimum absolute atomic E-state index is 0.00352. The second-order valence-corrected chi connectivity index (χ2v) is 28.4. The molecule has 1 aromatic heterocycles. The Hall–Kier alpha value is -13.8. The fraction of sp³-hybridized carbons (Fsp3) is 0.306. The smallest absolute Gasteiger partial charge is 0.305 e. The van der Waals surface area contributed by atoms with Crippen molar-refractivity contribution in [3.05, 3.63) is 235 Å². The molecule has 0 aliphatic heterocycles. The first-order valence-electron chi connectivity index (χ1n) is 38.1. The Morgan fingerprint density at radius 3 is 1.15 bits per heavy atom. The van der Waals surface area contributed by atoms with Gasteiger partial charge in [-0.15, -0.1) is 0 Å². The van der Waals surface area contributed by atoms with E-state index in [1.807, 2.05) is 115 Å². The van der Waals surface area contributed by atoms with Crippen LogP contribution in [0.2, 0.25) is 0 Å². The van der Waals surface area contributed by atoms with Gasteiger partial charge < -0.3 is 100 Å². The topological polar surface area (TPSA) is 553 Å². The number of nitrogens with zero attached hydrogens (tertiary/aromatic N) is 1. The number of benzene rings is 7. The van der Waals surface area contributed by atoms with Gasteiger partial charge in [-0.1, -0.05) is 194 Å². The third kappa shape index (κ3) is 28.5. The molecule has 21 N–H and O–H groups in total. The Labute approximate surface area is 684 Å². The fourth-order valence-electron chi connectivity index (χ4n) is 12.5. The van der Waals surface area contributed by atoms with Crippen molar-refractivity contribution in [2.45, 2.75) is 151 Å². The van der Waals surface area contributed by atoms with Crippen LogP contribution in [0.1, 0.15) is 68.0 Å². The zero-order valence-corrected chi connectivity index (χ0v) is 65.3. The fourth-order valence-corrected chi connectivity index (χ4v) is 12.5. The average molecular weight is 1630 g/mol. The predicted molar refractivity (Wildman–Crippen MR) is 434 cm³/mol. The van der Waals surface area contributed by atoms with Gasteiger partial charge in [0.25, 0.3) is 0 Å². The van der Waals surface area contributed by atoms with Gasteiger partial charge in [0.15, 0.2) is 0 Å². The standard InChI is InChI=1S/C85H97N15O19/c1-48(91-77(111)62(86)42-61-44-88-47-90-61)76(110)92-63(36-37-71(105)106)78(112)89-45-70(104)99-73(49(2)102)84(118)97-67(39-51-16-8-4-9-17-51)82(116)100-74(50(3)103)85(119)98-69(46-101)83(117)96-68(43-72(107)108)81(115)95-66(41-54-28-34-60(35-29-54)57-22-14-7-15-23-57)80(114)94-65(40-53-26-32-59(33-27-53)56-20-12-6-13-21-56)79(113)93-64(75(87)109)38-52-24-30-58(31-25-52)55-18-10-5-11-19-55/h4-35,44,47-50,62-69,73-74,101-103H,36-43,45-46,86H2,1-3H3,(H2,87,109)(H,88,90)(H,89,112)(H,91,111)(H,92,110)(H,93,113)(H,94,114)(H,95,115)(H,96,117)(H,97,118)(H,98,119)(H,99,104)(H,100,116)(H,105,106)(H,107,108)/t48-,49+,50+,62-,63-,64-,65-,66-,67-,68-,69-,73-,74-/m0/s1. The zero-order chi connectivity index (χ0) is 86.2. The van der Waals surface area contributed by atoms with Crippen molar-refractivity contribution in [1.29, 1.82) is 0 Å². The lowest BCUT2D eigenvalue weighted by molar-refractivity contribution is -0.142. The van der Waals surface area contributed by atoms with Gasteiger partial charge in [-0.25, -0.2) is 4.98 Å². The lowest BCUT2D eigenvalue weighted by Gasteiger charge is -2.28. The van der Waals surface area contributed by atoms with Crippen LogP contribution < -0.4 is 70.0 Å². The molecule has 0 aliphatic rings. The number of primary amides is 1.